The number of Topliss-reactive ketones (excluding diaryl/α,β-unsaturated/α-hetero) is 1. The molecule has 1 fully saturated rings. The predicted molar refractivity (Wildman–Crippen MR) is 196 cm³/mol. The first-order chi connectivity index (χ1) is 21.8. The molecular weight excluding hydrogens is 536 g/mol. The van der Waals surface area contributed by atoms with Crippen LogP contribution in [-0.2, 0) is 9.53 Å². The molecule has 0 N–H and O–H groups in total. The summed E-state index contributed by atoms with van der Waals surface area (Å²) in [5.41, 5.74) is 0. The van der Waals surface area contributed by atoms with E-state index in [9.17, 15) is 4.79 Å². The standard InChI is InChI=1S/C42H82O2/c1-2-3-4-5-6-7-8-9-10-11-12-13-14-15-16-17-18-19-20-21-24-27-31-36-41(43)37-32-28-25-22-23-26-29-35-40-44-42-38-33-30-34-39-42/h42H,2-40H2,1H3. The topological polar surface area (TPSA) is 26.3 Å². The fourth-order valence-electron chi connectivity index (χ4n) is 7.20. The zero-order chi connectivity index (χ0) is 31.4. The molecule has 0 radical (unpaired) electrons. The van der Waals surface area contributed by atoms with Gasteiger partial charge in [-0.05, 0) is 32.1 Å². The van der Waals surface area contributed by atoms with Crippen molar-refractivity contribution in [3.05, 3.63) is 0 Å². The number of carbonyl (C=O) groups is 1. The molecule has 1 aliphatic rings. The zero-order valence-corrected chi connectivity index (χ0v) is 30.5. The zero-order valence-electron chi connectivity index (χ0n) is 30.5. The number of hydrogen-bond acceptors (Lipinski definition) is 2. The molecule has 0 unspecified atom stereocenters. The predicted octanol–water partition coefficient (Wildman–Crippen LogP) is 14.8. The second-order valence-corrected chi connectivity index (χ2v) is 14.8. The molecule has 1 aliphatic carbocycles. The van der Waals surface area contributed by atoms with Gasteiger partial charge in [0, 0.05) is 19.4 Å². The van der Waals surface area contributed by atoms with Gasteiger partial charge in [0.1, 0.15) is 5.78 Å². The number of carbonyl (C=O) groups excluding carboxylic acids is 1. The summed E-state index contributed by atoms with van der Waals surface area (Å²) in [5, 5.41) is 0. The summed E-state index contributed by atoms with van der Waals surface area (Å²) in [6.45, 7) is 3.28. The Morgan fingerprint density at radius 3 is 1.05 bits per heavy atom. The monoisotopic (exact) mass is 619 g/mol. The van der Waals surface area contributed by atoms with E-state index in [0.29, 0.717) is 11.9 Å². The van der Waals surface area contributed by atoms with E-state index in [1.807, 2.05) is 0 Å². The van der Waals surface area contributed by atoms with Gasteiger partial charge in [-0.15, -0.1) is 0 Å². The quantitative estimate of drug-likeness (QED) is 0.0653. The third-order valence-corrected chi connectivity index (χ3v) is 10.3. The van der Waals surface area contributed by atoms with E-state index in [0.717, 1.165) is 32.3 Å². The molecule has 0 aromatic carbocycles. The minimum absolute atomic E-state index is 0.520. The molecule has 0 saturated heterocycles. The molecule has 1 rings (SSSR count). The van der Waals surface area contributed by atoms with Gasteiger partial charge in [-0.3, -0.25) is 4.79 Å². The van der Waals surface area contributed by atoms with Crippen LogP contribution in [-0.4, -0.2) is 18.5 Å². The average molecular weight is 619 g/mol. The normalized spacial score (nSPS) is 14.0. The van der Waals surface area contributed by atoms with Crippen LogP contribution in [0.2, 0.25) is 0 Å². The number of unbranched alkanes of at least 4 members (excludes halogenated alkanes) is 29. The van der Waals surface area contributed by atoms with Crippen LogP contribution in [0, 0.1) is 0 Å². The first kappa shape index (κ1) is 41.7. The van der Waals surface area contributed by atoms with Gasteiger partial charge in [-0.1, -0.05) is 206 Å². The Kier molecular flexibility index (Phi) is 33.6. The van der Waals surface area contributed by atoms with Crippen molar-refractivity contribution in [3.8, 4) is 0 Å². The third kappa shape index (κ3) is 31.6. The summed E-state index contributed by atoms with van der Waals surface area (Å²) in [4.78, 5) is 12.2. The Labute approximate surface area is 278 Å². The van der Waals surface area contributed by atoms with Crippen molar-refractivity contribution in [1.29, 1.82) is 0 Å². The molecule has 44 heavy (non-hydrogen) atoms. The maximum Gasteiger partial charge on any atom is 0.132 e. The van der Waals surface area contributed by atoms with E-state index in [-0.39, 0.29) is 0 Å². The molecule has 0 spiro atoms. The number of hydrogen-bond donors (Lipinski definition) is 0. The minimum atomic E-state index is 0.520. The first-order valence-electron chi connectivity index (χ1n) is 21.0. The summed E-state index contributed by atoms with van der Waals surface area (Å²) in [5.74, 6) is 0.520. The summed E-state index contributed by atoms with van der Waals surface area (Å²) in [6, 6.07) is 0. The number of ether oxygens (including phenoxy) is 1. The van der Waals surface area contributed by atoms with Gasteiger partial charge in [-0.2, -0.15) is 0 Å². The van der Waals surface area contributed by atoms with Crippen molar-refractivity contribution in [2.45, 2.75) is 257 Å². The van der Waals surface area contributed by atoms with E-state index in [4.69, 9.17) is 4.74 Å². The largest absolute Gasteiger partial charge is 0.378 e. The summed E-state index contributed by atoms with van der Waals surface area (Å²) < 4.78 is 6.03. The fraction of sp³-hybridized carbons (Fsp3) is 0.976. The van der Waals surface area contributed by atoms with Gasteiger partial charge < -0.3 is 4.74 Å². The molecule has 0 aromatic rings. The van der Waals surface area contributed by atoms with E-state index in [2.05, 4.69) is 6.92 Å². The van der Waals surface area contributed by atoms with Gasteiger partial charge in [0.2, 0.25) is 0 Å². The molecule has 2 heteroatoms. The van der Waals surface area contributed by atoms with E-state index in [1.165, 1.54) is 218 Å². The molecule has 0 aliphatic heterocycles. The van der Waals surface area contributed by atoms with Crippen LogP contribution < -0.4 is 0 Å². The van der Waals surface area contributed by atoms with Crippen molar-refractivity contribution in [3.63, 3.8) is 0 Å². The van der Waals surface area contributed by atoms with Gasteiger partial charge in [0.25, 0.3) is 0 Å². The van der Waals surface area contributed by atoms with Crippen molar-refractivity contribution in [2.75, 3.05) is 6.61 Å². The van der Waals surface area contributed by atoms with Crippen LogP contribution in [0.25, 0.3) is 0 Å². The molecule has 0 heterocycles. The van der Waals surface area contributed by atoms with Crippen LogP contribution >= 0.6 is 0 Å². The second kappa shape index (κ2) is 35.5. The Bertz CT molecular complexity index is 552. The minimum Gasteiger partial charge on any atom is -0.378 e. The molecule has 0 amide bonds. The Morgan fingerprint density at radius 2 is 0.705 bits per heavy atom. The molecule has 1 saturated carbocycles. The van der Waals surface area contributed by atoms with Crippen LogP contribution in [0.4, 0.5) is 0 Å². The number of rotatable bonds is 36. The molecule has 2 nitrogen and oxygen atoms in total. The molecular formula is C42H82O2. The lowest BCUT2D eigenvalue weighted by Crippen LogP contribution is -2.17. The highest BCUT2D eigenvalue weighted by molar-refractivity contribution is 5.78. The van der Waals surface area contributed by atoms with Crippen LogP contribution in [0.5, 0.6) is 0 Å². The molecule has 0 aromatic heterocycles. The van der Waals surface area contributed by atoms with Gasteiger partial charge >= 0.3 is 0 Å². The summed E-state index contributed by atoms with van der Waals surface area (Å²) in [6.07, 6.45) is 52.0. The highest BCUT2D eigenvalue weighted by atomic mass is 16.5. The van der Waals surface area contributed by atoms with Crippen molar-refractivity contribution in [1.82, 2.24) is 0 Å². The van der Waals surface area contributed by atoms with Gasteiger partial charge in [-0.25, -0.2) is 0 Å². The lowest BCUT2D eigenvalue weighted by molar-refractivity contribution is -0.119. The van der Waals surface area contributed by atoms with E-state index >= 15 is 0 Å². The lowest BCUT2D eigenvalue weighted by atomic mass is 9.98. The fourth-order valence-corrected chi connectivity index (χ4v) is 7.20. The molecule has 0 bridgehead atoms. The second-order valence-electron chi connectivity index (χ2n) is 14.8. The summed E-state index contributed by atoms with van der Waals surface area (Å²) in [7, 11) is 0. The van der Waals surface area contributed by atoms with Gasteiger partial charge in [0.05, 0.1) is 6.10 Å². The van der Waals surface area contributed by atoms with E-state index in [1.54, 1.807) is 0 Å². The van der Waals surface area contributed by atoms with Gasteiger partial charge in [0.15, 0.2) is 0 Å². The highest BCUT2D eigenvalue weighted by Crippen LogP contribution is 2.21. The summed E-state index contributed by atoms with van der Waals surface area (Å²) >= 11 is 0. The Balaban J connectivity index is 1.65. The van der Waals surface area contributed by atoms with Crippen LogP contribution in [0.15, 0.2) is 0 Å². The maximum absolute atomic E-state index is 12.2. The SMILES string of the molecule is CCCCCCCCCCCCCCCCCCCCCCCCCC(=O)CCCCCCCCCCOC1CCCCC1. The van der Waals surface area contributed by atoms with Crippen molar-refractivity contribution >= 4 is 5.78 Å². The van der Waals surface area contributed by atoms with Crippen molar-refractivity contribution < 1.29 is 9.53 Å². The van der Waals surface area contributed by atoms with Crippen LogP contribution in [0.1, 0.15) is 251 Å². The molecule has 0 atom stereocenters. The Hall–Kier alpha value is -0.370. The third-order valence-electron chi connectivity index (χ3n) is 10.3. The Morgan fingerprint density at radius 1 is 0.409 bits per heavy atom. The van der Waals surface area contributed by atoms with Crippen molar-refractivity contribution in [2.24, 2.45) is 0 Å². The van der Waals surface area contributed by atoms with E-state index < -0.39 is 0 Å². The lowest BCUT2D eigenvalue weighted by Gasteiger charge is -2.21. The number of ketones is 1. The van der Waals surface area contributed by atoms with Crippen LogP contribution in [0.3, 0.4) is 0 Å². The first-order valence-corrected chi connectivity index (χ1v) is 21.0. The highest BCUT2D eigenvalue weighted by Gasteiger charge is 2.12. The average Bonchev–Trinajstić information content (AvgIpc) is 3.04. The molecule has 262 valence electrons. The maximum atomic E-state index is 12.2. The smallest absolute Gasteiger partial charge is 0.132 e.